The number of esters is 2. The molecule has 4 nitrogen and oxygen atoms in total. The lowest BCUT2D eigenvalue weighted by Gasteiger charge is -2.19. The predicted molar refractivity (Wildman–Crippen MR) is 151 cm³/mol. The zero-order chi connectivity index (χ0) is 26.3. The summed E-state index contributed by atoms with van der Waals surface area (Å²) in [7, 11) is 0. The van der Waals surface area contributed by atoms with Gasteiger partial charge in [-0.3, -0.25) is 0 Å². The molecule has 0 aliphatic carbocycles. The monoisotopic (exact) mass is 502 g/mol. The third-order valence-corrected chi connectivity index (χ3v) is 6.88. The fourth-order valence-electron chi connectivity index (χ4n) is 4.57. The number of carbonyl (C=O) groups excluding carboxylic acids is 2. The van der Waals surface area contributed by atoms with Crippen LogP contribution in [0.15, 0.2) is 24.3 Å². The maximum absolute atomic E-state index is 13.1. The normalized spacial score (nSPS) is 11.9. The Balaban J connectivity index is 2.64. The molecule has 4 heteroatoms. The summed E-state index contributed by atoms with van der Waals surface area (Å²) >= 11 is 0. The van der Waals surface area contributed by atoms with Crippen LogP contribution < -0.4 is 0 Å². The highest BCUT2D eigenvalue weighted by molar-refractivity contribution is 6.03. The summed E-state index contributed by atoms with van der Waals surface area (Å²) in [4.78, 5) is 25.8. The van der Waals surface area contributed by atoms with Crippen LogP contribution in [0.1, 0.15) is 163 Å². The van der Waals surface area contributed by atoms with Gasteiger partial charge in [-0.1, -0.05) is 123 Å². The van der Waals surface area contributed by atoms with Crippen molar-refractivity contribution < 1.29 is 19.1 Å². The molecular formula is C32H54O4. The molecule has 36 heavy (non-hydrogen) atoms. The van der Waals surface area contributed by atoms with Crippen LogP contribution in [-0.4, -0.2) is 24.6 Å². The molecule has 0 N–H and O–H groups in total. The molecule has 206 valence electrons. The Labute approximate surface area is 221 Å². The Morgan fingerprint density at radius 1 is 0.583 bits per heavy atom. The first-order chi connectivity index (χ1) is 17.6. The predicted octanol–water partition coefficient (Wildman–Crippen LogP) is 9.84. The van der Waals surface area contributed by atoms with E-state index in [-0.39, 0.29) is 6.10 Å². The Kier molecular flexibility index (Phi) is 20.0. The summed E-state index contributed by atoms with van der Waals surface area (Å²) in [5.41, 5.74) is 0.635. The zero-order valence-electron chi connectivity index (χ0n) is 23.7. The van der Waals surface area contributed by atoms with Crippen molar-refractivity contribution in [3.8, 4) is 0 Å². The van der Waals surface area contributed by atoms with Gasteiger partial charge in [-0.25, -0.2) is 9.59 Å². The molecule has 0 aromatic heterocycles. The lowest BCUT2D eigenvalue weighted by atomic mass is 10.0. The summed E-state index contributed by atoms with van der Waals surface area (Å²) in [6, 6.07) is 6.92. The van der Waals surface area contributed by atoms with Gasteiger partial charge in [0.2, 0.25) is 0 Å². The number of hydrogen-bond donors (Lipinski definition) is 0. The summed E-state index contributed by atoms with van der Waals surface area (Å²) in [5.74, 6) is -0.828. The van der Waals surface area contributed by atoms with Gasteiger partial charge < -0.3 is 9.47 Å². The van der Waals surface area contributed by atoms with Crippen molar-refractivity contribution in [2.75, 3.05) is 6.61 Å². The van der Waals surface area contributed by atoms with E-state index < -0.39 is 11.9 Å². The largest absolute Gasteiger partial charge is 0.462 e. The SMILES string of the molecule is CCCCCCCCCC(CCCCCCCC)OC(=O)c1ccccc1C(=O)OCCCCCC. The molecule has 0 bridgehead atoms. The van der Waals surface area contributed by atoms with Crippen LogP contribution in [0.3, 0.4) is 0 Å². The summed E-state index contributed by atoms with van der Waals surface area (Å²) in [5, 5.41) is 0. The van der Waals surface area contributed by atoms with E-state index in [4.69, 9.17) is 9.47 Å². The third kappa shape index (κ3) is 15.3. The minimum absolute atomic E-state index is 0.0857. The number of unbranched alkanes of at least 4 members (excludes halogenated alkanes) is 14. The first-order valence-electron chi connectivity index (χ1n) is 15.1. The van der Waals surface area contributed by atoms with Crippen LogP contribution in [0.5, 0.6) is 0 Å². The molecule has 0 aliphatic rings. The number of benzene rings is 1. The molecule has 1 atom stereocenters. The summed E-state index contributed by atoms with van der Waals surface area (Å²) < 4.78 is 11.5. The van der Waals surface area contributed by atoms with Crippen LogP contribution in [-0.2, 0) is 9.47 Å². The van der Waals surface area contributed by atoms with Crippen molar-refractivity contribution in [2.24, 2.45) is 0 Å². The number of ether oxygens (including phenoxy) is 2. The standard InChI is InChI=1S/C32H54O4/c1-4-7-10-13-15-17-19-24-28(23-18-16-14-11-8-5-2)36-32(34)30-26-21-20-25-29(30)31(33)35-27-22-12-9-6-3/h20-21,25-26,28H,4-19,22-24,27H2,1-3H3. The van der Waals surface area contributed by atoms with Crippen molar-refractivity contribution in [1.82, 2.24) is 0 Å². The fraction of sp³-hybridized carbons (Fsp3) is 0.750. The second-order valence-corrected chi connectivity index (χ2v) is 10.2. The molecule has 1 rings (SSSR count). The van der Waals surface area contributed by atoms with Gasteiger partial charge in [0, 0.05) is 0 Å². The van der Waals surface area contributed by atoms with Gasteiger partial charge in [-0.05, 0) is 44.2 Å². The topological polar surface area (TPSA) is 52.6 Å². The van der Waals surface area contributed by atoms with E-state index in [2.05, 4.69) is 20.8 Å². The van der Waals surface area contributed by atoms with Crippen molar-refractivity contribution >= 4 is 11.9 Å². The molecule has 0 fully saturated rings. The number of carbonyl (C=O) groups is 2. The van der Waals surface area contributed by atoms with Gasteiger partial charge in [-0.2, -0.15) is 0 Å². The van der Waals surface area contributed by atoms with Gasteiger partial charge in [-0.15, -0.1) is 0 Å². The van der Waals surface area contributed by atoms with Gasteiger partial charge >= 0.3 is 11.9 Å². The van der Waals surface area contributed by atoms with Crippen molar-refractivity contribution in [2.45, 2.75) is 149 Å². The fourth-order valence-corrected chi connectivity index (χ4v) is 4.57. The Morgan fingerprint density at radius 2 is 1.00 bits per heavy atom. The molecule has 0 spiro atoms. The molecular weight excluding hydrogens is 448 g/mol. The van der Waals surface area contributed by atoms with Crippen molar-refractivity contribution in [3.63, 3.8) is 0 Å². The lowest BCUT2D eigenvalue weighted by molar-refractivity contribution is 0.0240. The van der Waals surface area contributed by atoms with Gasteiger partial charge in [0.1, 0.15) is 6.10 Å². The second kappa shape index (κ2) is 22.4. The smallest absolute Gasteiger partial charge is 0.339 e. The molecule has 1 aromatic carbocycles. The van der Waals surface area contributed by atoms with Crippen LogP contribution in [0, 0.1) is 0 Å². The van der Waals surface area contributed by atoms with Crippen molar-refractivity contribution in [1.29, 1.82) is 0 Å². The highest BCUT2D eigenvalue weighted by Gasteiger charge is 2.22. The van der Waals surface area contributed by atoms with Gasteiger partial charge in [0.15, 0.2) is 0 Å². The van der Waals surface area contributed by atoms with Gasteiger partial charge in [0.05, 0.1) is 17.7 Å². The van der Waals surface area contributed by atoms with E-state index in [0.717, 1.165) is 51.4 Å². The van der Waals surface area contributed by atoms with E-state index in [9.17, 15) is 9.59 Å². The molecule has 1 aromatic rings. The molecule has 0 radical (unpaired) electrons. The lowest BCUT2D eigenvalue weighted by Crippen LogP contribution is -2.21. The highest BCUT2D eigenvalue weighted by Crippen LogP contribution is 2.20. The number of rotatable bonds is 23. The Hall–Kier alpha value is -1.84. The first kappa shape index (κ1) is 32.2. The third-order valence-electron chi connectivity index (χ3n) is 6.88. The molecule has 0 heterocycles. The minimum atomic E-state index is -0.432. The van der Waals surface area contributed by atoms with Crippen LogP contribution >= 0.6 is 0 Å². The average Bonchev–Trinajstić information content (AvgIpc) is 2.89. The second-order valence-electron chi connectivity index (χ2n) is 10.2. The van der Waals surface area contributed by atoms with E-state index >= 15 is 0 Å². The number of hydrogen-bond acceptors (Lipinski definition) is 4. The quantitative estimate of drug-likeness (QED) is 0.110. The van der Waals surface area contributed by atoms with Crippen LogP contribution in [0.25, 0.3) is 0 Å². The van der Waals surface area contributed by atoms with E-state index in [1.807, 2.05) is 0 Å². The molecule has 0 saturated carbocycles. The van der Waals surface area contributed by atoms with E-state index in [1.54, 1.807) is 24.3 Å². The zero-order valence-corrected chi connectivity index (χ0v) is 23.7. The molecule has 0 aliphatic heterocycles. The molecule has 1 unspecified atom stereocenters. The first-order valence-corrected chi connectivity index (χ1v) is 15.1. The van der Waals surface area contributed by atoms with Crippen molar-refractivity contribution in [3.05, 3.63) is 35.4 Å². The Bertz CT molecular complexity index is 684. The minimum Gasteiger partial charge on any atom is -0.462 e. The highest BCUT2D eigenvalue weighted by atomic mass is 16.5. The summed E-state index contributed by atoms with van der Waals surface area (Å²) in [6.45, 7) is 7.02. The van der Waals surface area contributed by atoms with Gasteiger partial charge in [0.25, 0.3) is 0 Å². The van der Waals surface area contributed by atoms with Crippen LogP contribution in [0.4, 0.5) is 0 Å². The summed E-state index contributed by atoms with van der Waals surface area (Å²) in [6.07, 6.45) is 22.0. The maximum Gasteiger partial charge on any atom is 0.339 e. The Morgan fingerprint density at radius 3 is 1.50 bits per heavy atom. The average molecular weight is 503 g/mol. The molecule has 0 amide bonds. The maximum atomic E-state index is 13.1. The molecule has 0 saturated heterocycles. The van der Waals surface area contributed by atoms with E-state index in [0.29, 0.717) is 17.7 Å². The van der Waals surface area contributed by atoms with E-state index in [1.165, 1.54) is 70.6 Å². The van der Waals surface area contributed by atoms with Crippen LogP contribution in [0.2, 0.25) is 0 Å².